The first-order chi connectivity index (χ1) is 16.8. The van der Waals surface area contributed by atoms with Crippen molar-refractivity contribution in [1.82, 2.24) is 9.21 Å². The minimum atomic E-state index is -3.84. The number of carbonyl (C=O) groups is 1. The maximum atomic E-state index is 13.6. The summed E-state index contributed by atoms with van der Waals surface area (Å²) in [6.07, 6.45) is 1.34. The number of halogens is 1. The third kappa shape index (κ3) is 5.89. The number of ether oxygens (including phenoxy) is 1. The van der Waals surface area contributed by atoms with E-state index in [9.17, 15) is 13.2 Å². The van der Waals surface area contributed by atoms with Gasteiger partial charge >= 0.3 is 0 Å². The quantitative estimate of drug-likeness (QED) is 0.374. The smallest absolute Gasteiger partial charge is 0.243 e. The summed E-state index contributed by atoms with van der Waals surface area (Å²) in [7, 11) is -3.84. The van der Waals surface area contributed by atoms with Gasteiger partial charge in [0.2, 0.25) is 15.9 Å². The summed E-state index contributed by atoms with van der Waals surface area (Å²) in [4.78, 5) is 16.7. The number of benzene rings is 2. The van der Waals surface area contributed by atoms with Gasteiger partial charge in [-0.25, -0.2) is 8.42 Å². The SMILES string of the molecule is CCCN(CC(=O)N1CCc2sccc2[C@H]1COc1ccc(C)cc1)S(=O)(=O)c1ccc(Cl)cc1. The van der Waals surface area contributed by atoms with Gasteiger partial charge in [-0.3, -0.25) is 4.79 Å². The van der Waals surface area contributed by atoms with Crippen molar-refractivity contribution in [3.63, 3.8) is 0 Å². The first-order valence-electron chi connectivity index (χ1n) is 11.6. The van der Waals surface area contributed by atoms with Gasteiger partial charge in [-0.15, -0.1) is 11.3 Å². The second-order valence-electron chi connectivity index (χ2n) is 8.57. The highest BCUT2D eigenvalue weighted by molar-refractivity contribution is 7.89. The molecule has 186 valence electrons. The van der Waals surface area contributed by atoms with E-state index in [1.54, 1.807) is 28.4 Å². The van der Waals surface area contributed by atoms with E-state index < -0.39 is 10.0 Å². The Morgan fingerprint density at radius 3 is 2.54 bits per heavy atom. The molecule has 9 heteroatoms. The number of nitrogens with zero attached hydrogens (tertiary/aromatic N) is 2. The van der Waals surface area contributed by atoms with Gasteiger partial charge in [0.05, 0.1) is 17.5 Å². The van der Waals surface area contributed by atoms with Gasteiger partial charge in [0.15, 0.2) is 0 Å². The molecular weight excluding hydrogens is 504 g/mol. The Labute approximate surface area is 216 Å². The average Bonchev–Trinajstić information content (AvgIpc) is 3.32. The molecule has 0 unspecified atom stereocenters. The maximum Gasteiger partial charge on any atom is 0.243 e. The molecule has 4 rings (SSSR count). The second kappa shape index (κ2) is 11.1. The summed E-state index contributed by atoms with van der Waals surface area (Å²) in [5.74, 6) is 0.508. The lowest BCUT2D eigenvalue weighted by molar-refractivity contribution is -0.135. The molecule has 1 aliphatic rings. The van der Waals surface area contributed by atoms with Crippen molar-refractivity contribution in [1.29, 1.82) is 0 Å². The lowest BCUT2D eigenvalue weighted by Gasteiger charge is -2.37. The van der Waals surface area contributed by atoms with E-state index in [0.29, 0.717) is 24.6 Å². The molecule has 6 nitrogen and oxygen atoms in total. The molecule has 0 aliphatic carbocycles. The fourth-order valence-electron chi connectivity index (χ4n) is 4.22. The van der Waals surface area contributed by atoms with Crippen molar-refractivity contribution < 1.29 is 17.9 Å². The van der Waals surface area contributed by atoms with Crippen LogP contribution in [0.2, 0.25) is 5.02 Å². The number of sulfonamides is 1. The maximum absolute atomic E-state index is 13.6. The molecule has 0 saturated heterocycles. The lowest BCUT2D eigenvalue weighted by Crippen LogP contribution is -2.48. The average molecular weight is 533 g/mol. The standard InChI is InChI=1S/C26H29ClN2O4S2/c1-3-14-28(35(31,32)22-10-6-20(27)7-11-22)17-26(30)29-15-12-25-23(13-16-34-25)24(29)18-33-21-8-4-19(2)5-9-21/h4-11,13,16,24H,3,12,14-15,17-18H2,1-2H3/t24-/m1/s1. The van der Waals surface area contributed by atoms with Crippen LogP contribution < -0.4 is 4.74 Å². The Morgan fingerprint density at radius 1 is 1.14 bits per heavy atom. The first kappa shape index (κ1) is 25.7. The number of rotatable bonds is 9. The summed E-state index contributed by atoms with van der Waals surface area (Å²) < 4.78 is 34.0. The lowest BCUT2D eigenvalue weighted by atomic mass is 10.0. The molecule has 0 spiro atoms. The number of fused-ring (bicyclic) bond motifs is 1. The minimum Gasteiger partial charge on any atom is -0.491 e. The topological polar surface area (TPSA) is 66.9 Å². The molecule has 1 atom stereocenters. The van der Waals surface area contributed by atoms with E-state index in [0.717, 1.165) is 23.3 Å². The van der Waals surface area contributed by atoms with Crippen LogP contribution in [0.3, 0.4) is 0 Å². The summed E-state index contributed by atoms with van der Waals surface area (Å²) in [6.45, 7) is 4.76. The molecule has 0 fully saturated rings. The molecule has 0 saturated carbocycles. The molecule has 1 amide bonds. The summed E-state index contributed by atoms with van der Waals surface area (Å²) in [5.41, 5.74) is 2.22. The van der Waals surface area contributed by atoms with Crippen LogP contribution in [0.4, 0.5) is 0 Å². The Kier molecular flexibility index (Phi) is 8.16. The number of carbonyl (C=O) groups excluding carboxylic acids is 1. The zero-order valence-corrected chi connectivity index (χ0v) is 22.2. The van der Waals surface area contributed by atoms with E-state index in [1.165, 1.54) is 21.3 Å². The predicted molar refractivity (Wildman–Crippen MR) is 140 cm³/mol. The molecule has 35 heavy (non-hydrogen) atoms. The van der Waals surface area contributed by atoms with Crippen molar-refractivity contribution in [3.05, 3.63) is 81.0 Å². The van der Waals surface area contributed by atoms with Crippen LogP contribution in [0.5, 0.6) is 5.75 Å². The number of thiophene rings is 1. The van der Waals surface area contributed by atoms with E-state index in [4.69, 9.17) is 16.3 Å². The molecular formula is C26H29ClN2O4S2. The summed E-state index contributed by atoms with van der Waals surface area (Å²) >= 11 is 7.62. The van der Waals surface area contributed by atoms with E-state index in [1.807, 2.05) is 49.6 Å². The van der Waals surface area contributed by atoms with Gasteiger partial charge < -0.3 is 9.64 Å². The van der Waals surface area contributed by atoms with E-state index in [2.05, 4.69) is 0 Å². The first-order valence-corrected chi connectivity index (χ1v) is 14.3. The fourth-order valence-corrected chi connectivity index (χ4v) is 6.75. The third-order valence-electron chi connectivity index (χ3n) is 6.08. The molecule has 0 radical (unpaired) electrons. The second-order valence-corrected chi connectivity index (χ2v) is 11.9. The van der Waals surface area contributed by atoms with Crippen molar-refractivity contribution in [3.8, 4) is 5.75 Å². The number of amides is 1. The fraction of sp³-hybridized carbons (Fsp3) is 0.346. The molecule has 2 heterocycles. The number of hydrogen-bond donors (Lipinski definition) is 0. The highest BCUT2D eigenvalue weighted by Crippen LogP contribution is 2.34. The van der Waals surface area contributed by atoms with Crippen LogP contribution in [0, 0.1) is 6.92 Å². The highest BCUT2D eigenvalue weighted by atomic mass is 35.5. The Hall–Kier alpha value is -2.39. The van der Waals surface area contributed by atoms with Crippen LogP contribution in [0.15, 0.2) is 64.9 Å². The van der Waals surface area contributed by atoms with E-state index in [-0.39, 0.29) is 29.9 Å². The van der Waals surface area contributed by atoms with Gasteiger partial charge in [-0.1, -0.05) is 36.2 Å². The van der Waals surface area contributed by atoms with Gasteiger partial charge in [-0.2, -0.15) is 4.31 Å². The van der Waals surface area contributed by atoms with Gasteiger partial charge in [0.1, 0.15) is 12.4 Å². The molecule has 1 aliphatic heterocycles. The molecule has 0 bridgehead atoms. The van der Waals surface area contributed by atoms with Crippen LogP contribution in [0.1, 0.15) is 35.4 Å². The van der Waals surface area contributed by atoms with Gasteiger partial charge in [0.25, 0.3) is 0 Å². The summed E-state index contributed by atoms with van der Waals surface area (Å²) in [6, 6.07) is 15.6. The van der Waals surface area contributed by atoms with Crippen LogP contribution >= 0.6 is 22.9 Å². The molecule has 2 aromatic carbocycles. The van der Waals surface area contributed by atoms with E-state index >= 15 is 0 Å². The summed E-state index contributed by atoms with van der Waals surface area (Å²) in [5, 5.41) is 2.49. The molecule has 3 aromatic rings. The number of aryl methyl sites for hydroxylation is 1. The van der Waals surface area contributed by atoms with Gasteiger partial charge in [0, 0.05) is 23.0 Å². The zero-order valence-electron chi connectivity index (χ0n) is 19.8. The van der Waals surface area contributed by atoms with Crippen molar-refractivity contribution in [2.24, 2.45) is 0 Å². The predicted octanol–water partition coefficient (Wildman–Crippen LogP) is 5.32. The minimum absolute atomic E-state index is 0.126. The zero-order chi connectivity index (χ0) is 25.0. The van der Waals surface area contributed by atoms with Crippen molar-refractivity contribution in [2.75, 3.05) is 26.2 Å². The molecule has 0 N–H and O–H groups in total. The van der Waals surface area contributed by atoms with Crippen molar-refractivity contribution in [2.45, 2.75) is 37.6 Å². The molecule has 1 aromatic heterocycles. The Bertz CT molecular complexity index is 1260. The number of hydrogen-bond acceptors (Lipinski definition) is 5. The van der Waals surface area contributed by atoms with Crippen LogP contribution in [-0.2, 0) is 21.2 Å². The highest BCUT2D eigenvalue weighted by Gasteiger charge is 2.35. The monoisotopic (exact) mass is 532 g/mol. The van der Waals surface area contributed by atoms with Gasteiger partial charge in [-0.05, 0) is 73.2 Å². The Morgan fingerprint density at radius 2 is 1.86 bits per heavy atom. The van der Waals surface area contributed by atoms with Crippen LogP contribution in [0.25, 0.3) is 0 Å². The van der Waals surface area contributed by atoms with Crippen molar-refractivity contribution >= 4 is 38.9 Å². The Balaban J connectivity index is 1.55. The third-order valence-corrected chi connectivity index (χ3v) is 9.19. The normalized spacial score (nSPS) is 15.8. The largest absolute Gasteiger partial charge is 0.491 e. The van der Waals surface area contributed by atoms with Crippen LogP contribution in [-0.4, -0.2) is 49.8 Å².